The zero-order valence-corrected chi connectivity index (χ0v) is 17.0. The van der Waals surface area contributed by atoms with E-state index in [0.29, 0.717) is 18.4 Å². The van der Waals surface area contributed by atoms with E-state index < -0.39 is 17.3 Å². The predicted molar refractivity (Wildman–Crippen MR) is 106 cm³/mol. The van der Waals surface area contributed by atoms with Gasteiger partial charge in [-0.3, -0.25) is 4.79 Å². The molecule has 0 aromatic carbocycles. The second-order valence-corrected chi connectivity index (χ2v) is 8.07. The number of anilines is 1. The minimum Gasteiger partial charge on any atom is -0.376 e. The van der Waals surface area contributed by atoms with Gasteiger partial charge in [-0.2, -0.15) is 23.0 Å². The number of alkyl halides is 3. The molecule has 2 fully saturated rings. The first-order valence-corrected chi connectivity index (χ1v) is 10.4. The fourth-order valence-electron chi connectivity index (χ4n) is 4.13. The molecule has 30 heavy (non-hydrogen) atoms. The fourth-order valence-corrected chi connectivity index (χ4v) is 4.37. The Morgan fingerprint density at radius 1 is 1.17 bits per heavy atom. The van der Waals surface area contributed by atoms with Gasteiger partial charge >= 0.3 is 6.18 Å². The van der Waals surface area contributed by atoms with Crippen molar-refractivity contribution in [3.05, 3.63) is 45.5 Å². The van der Waals surface area contributed by atoms with E-state index in [1.165, 1.54) is 6.20 Å². The van der Waals surface area contributed by atoms with Crippen molar-refractivity contribution >= 4 is 17.3 Å². The van der Waals surface area contributed by atoms with Gasteiger partial charge in [0.1, 0.15) is 5.02 Å². The second kappa shape index (κ2) is 8.55. The van der Waals surface area contributed by atoms with Gasteiger partial charge in [-0.25, -0.2) is 4.98 Å². The van der Waals surface area contributed by atoms with Crippen LogP contribution >= 0.6 is 11.6 Å². The zero-order chi connectivity index (χ0) is 21.3. The third-order valence-corrected chi connectivity index (χ3v) is 6.05. The van der Waals surface area contributed by atoms with Crippen LogP contribution in [0.4, 0.5) is 18.9 Å². The molecule has 2 aliphatic rings. The maximum atomic E-state index is 12.9. The molecule has 6 nitrogen and oxygen atoms in total. The van der Waals surface area contributed by atoms with E-state index in [0.717, 1.165) is 61.9 Å². The van der Waals surface area contributed by atoms with E-state index in [1.807, 2.05) is 0 Å². The molecule has 0 N–H and O–H groups in total. The molecule has 0 radical (unpaired) electrons. The van der Waals surface area contributed by atoms with E-state index >= 15 is 0 Å². The molecule has 3 heterocycles. The Kier molecular flexibility index (Phi) is 6.02. The molecule has 2 aromatic heterocycles. The van der Waals surface area contributed by atoms with Crippen LogP contribution in [0.3, 0.4) is 0 Å². The van der Waals surface area contributed by atoms with Gasteiger partial charge in [0.15, 0.2) is 5.82 Å². The van der Waals surface area contributed by atoms with Crippen molar-refractivity contribution in [1.82, 2.24) is 14.8 Å². The summed E-state index contributed by atoms with van der Waals surface area (Å²) in [7, 11) is 0. The SMILES string of the molecule is O=c1c(Cl)c(N(C[C@H]2CCCO2)C2CCCC2)cnn1-c1ccc(C(F)(F)F)cn1. The van der Waals surface area contributed by atoms with Gasteiger partial charge in [0, 0.05) is 25.4 Å². The van der Waals surface area contributed by atoms with Crippen molar-refractivity contribution in [2.24, 2.45) is 0 Å². The summed E-state index contributed by atoms with van der Waals surface area (Å²) in [6, 6.07) is 2.22. The van der Waals surface area contributed by atoms with E-state index in [-0.39, 0.29) is 23.0 Å². The summed E-state index contributed by atoms with van der Waals surface area (Å²) in [5.74, 6) is -0.0204. The van der Waals surface area contributed by atoms with E-state index in [9.17, 15) is 18.0 Å². The average molecular weight is 443 g/mol. The Bertz CT molecular complexity index is 937. The van der Waals surface area contributed by atoms with Crippen molar-refractivity contribution in [3.63, 3.8) is 0 Å². The van der Waals surface area contributed by atoms with Crippen molar-refractivity contribution in [1.29, 1.82) is 0 Å². The Balaban J connectivity index is 1.65. The summed E-state index contributed by atoms with van der Waals surface area (Å²) in [5, 5.41) is 4.14. The third kappa shape index (κ3) is 4.32. The predicted octanol–water partition coefficient (Wildman–Crippen LogP) is 4.23. The maximum Gasteiger partial charge on any atom is 0.417 e. The van der Waals surface area contributed by atoms with Crippen molar-refractivity contribution in [2.45, 2.75) is 56.8 Å². The molecular weight excluding hydrogens is 421 g/mol. The van der Waals surface area contributed by atoms with Crippen LogP contribution in [-0.2, 0) is 10.9 Å². The topological polar surface area (TPSA) is 60.3 Å². The van der Waals surface area contributed by atoms with Crippen LogP contribution in [0.2, 0.25) is 5.02 Å². The number of hydrogen-bond acceptors (Lipinski definition) is 5. The smallest absolute Gasteiger partial charge is 0.376 e. The highest BCUT2D eigenvalue weighted by Gasteiger charge is 2.32. The standard InChI is InChI=1S/C20H22ClF3N4O2/c21-18-16(27(14-4-1-2-5-14)12-15-6-3-9-30-15)11-26-28(19(18)29)17-8-7-13(10-25-17)20(22,23)24/h7-8,10-11,14-15H,1-6,9,12H2/t15-/m1/s1. The van der Waals surface area contributed by atoms with E-state index in [2.05, 4.69) is 15.0 Å². The summed E-state index contributed by atoms with van der Waals surface area (Å²) < 4.78 is 45.0. The van der Waals surface area contributed by atoms with Gasteiger partial charge in [0.2, 0.25) is 0 Å². The van der Waals surface area contributed by atoms with Crippen molar-refractivity contribution in [3.8, 4) is 5.82 Å². The van der Waals surface area contributed by atoms with Crippen LogP contribution in [0.15, 0.2) is 29.3 Å². The largest absolute Gasteiger partial charge is 0.417 e. The van der Waals surface area contributed by atoms with Gasteiger partial charge in [-0.1, -0.05) is 24.4 Å². The number of hydrogen-bond donors (Lipinski definition) is 0. The highest BCUT2D eigenvalue weighted by atomic mass is 35.5. The van der Waals surface area contributed by atoms with Gasteiger partial charge in [0.25, 0.3) is 5.56 Å². The number of rotatable bonds is 5. The second-order valence-electron chi connectivity index (χ2n) is 7.69. The first-order valence-electron chi connectivity index (χ1n) is 10.0. The lowest BCUT2D eigenvalue weighted by Gasteiger charge is -2.33. The highest BCUT2D eigenvalue weighted by Crippen LogP contribution is 2.33. The lowest BCUT2D eigenvalue weighted by molar-refractivity contribution is -0.137. The fraction of sp³-hybridized carbons (Fsp3) is 0.550. The van der Waals surface area contributed by atoms with Crippen LogP contribution in [0.1, 0.15) is 44.1 Å². The van der Waals surface area contributed by atoms with Crippen LogP contribution in [0.25, 0.3) is 5.82 Å². The summed E-state index contributed by atoms with van der Waals surface area (Å²) >= 11 is 6.45. The third-order valence-electron chi connectivity index (χ3n) is 5.69. The lowest BCUT2D eigenvalue weighted by atomic mass is 10.1. The minimum atomic E-state index is -4.50. The monoisotopic (exact) mass is 442 g/mol. The molecule has 1 saturated heterocycles. The molecule has 0 spiro atoms. The van der Waals surface area contributed by atoms with Gasteiger partial charge in [0.05, 0.1) is 23.6 Å². The van der Waals surface area contributed by atoms with Gasteiger partial charge in [-0.05, 0) is 37.8 Å². The summed E-state index contributed by atoms with van der Waals surface area (Å²) in [6.45, 7) is 1.37. The Labute approximate surface area is 176 Å². The maximum absolute atomic E-state index is 12.9. The molecular formula is C20H22ClF3N4O2. The molecule has 0 amide bonds. The number of aromatic nitrogens is 3. The zero-order valence-electron chi connectivity index (χ0n) is 16.2. The van der Waals surface area contributed by atoms with Crippen molar-refractivity contribution in [2.75, 3.05) is 18.1 Å². The molecule has 1 atom stereocenters. The lowest BCUT2D eigenvalue weighted by Crippen LogP contribution is -2.40. The molecule has 1 aliphatic heterocycles. The molecule has 0 unspecified atom stereocenters. The number of nitrogens with zero attached hydrogens (tertiary/aromatic N) is 4. The Morgan fingerprint density at radius 2 is 1.93 bits per heavy atom. The van der Waals surface area contributed by atoms with Gasteiger partial charge in [-0.15, -0.1) is 0 Å². The van der Waals surface area contributed by atoms with Gasteiger partial charge < -0.3 is 9.64 Å². The number of ether oxygens (including phenoxy) is 1. The molecule has 2 aromatic rings. The average Bonchev–Trinajstić information content (AvgIpc) is 3.42. The first-order chi connectivity index (χ1) is 14.3. The van der Waals surface area contributed by atoms with Crippen molar-refractivity contribution < 1.29 is 17.9 Å². The van der Waals surface area contributed by atoms with Crippen LogP contribution in [-0.4, -0.2) is 40.1 Å². The molecule has 1 aliphatic carbocycles. The molecule has 10 heteroatoms. The first kappa shape index (κ1) is 21.1. The molecule has 1 saturated carbocycles. The molecule has 0 bridgehead atoms. The summed E-state index contributed by atoms with van der Waals surface area (Å²) in [5.41, 5.74) is -0.977. The number of pyridine rings is 1. The van der Waals surface area contributed by atoms with Crippen LogP contribution in [0, 0.1) is 0 Å². The normalized spacial score (nSPS) is 20.1. The van der Waals surface area contributed by atoms with Crippen LogP contribution < -0.4 is 10.5 Å². The summed E-state index contributed by atoms with van der Waals surface area (Å²) in [4.78, 5) is 18.7. The van der Waals surface area contributed by atoms with E-state index in [4.69, 9.17) is 16.3 Å². The van der Waals surface area contributed by atoms with Crippen LogP contribution in [0.5, 0.6) is 0 Å². The number of halogens is 4. The highest BCUT2D eigenvalue weighted by molar-refractivity contribution is 6.33. The summed E-state index contributed by atoms with van der Waals surface area (Å²) in [6.07, 6.45) is 3.96. The molecule has 4 rings (SSSR count). The molecule has 162 valence electrons. The minimum absolute atomic E-state index is 0.0170. The Hall–Kier alpha value is -2.13. The Morgan fingerprint density at radius 3 is 2.53 bits per heavy atom. The quantitative estimate of drug-likeness (QED) is 0.693. The van der Waals surface area contributed by atoms with E-state index in [1.54, 1.807) is 0 Å².